The van der Waals surface area contributed by atoms with Gasteiger partial charge in [0.25, 0.3) is 5.91 Å². The van der Waals surface area contributed by atoms with Crippen molar-refractivity contribution in [2.24, 2.45) is 0 Å². The maximum atomic E-state index is 12.7. The van der Waals surface area contributed by atoms with Gasteiger partial charge in [-0.05, 0) is 24.3 Å². The molecule has 29 heavy (non-hydrogen) atoms. The Morgan fingerprint density at radius 3 is 2.83 bits per heavy atom. The number of imidazole rings is 1. The van der Waals surface area contributed by atoms with E-state index in [0.717, 1.165) is 21.9 Å². The van der Waals surface area contributed by atoms with Crippen LogP contribution in [0.25, 0.3) is 16.2 Å². The molecule has 0 aliphatic heterocycles. The van der Waals surface area contributed by atoms with Crippen molar-refractivity contribution in [3.05, 3.63) is 70.7 Å². The zero-order valence-corrected chi connectivity index (χ0v) is 17.4. The predicted molar refractivity (Wildman–Crippen MR) is 114 cm³/mol. The van der Waals surface area contributed by atoms with Crippen molar-refractivity contribution >= 4 is 33.8 Å². The Labute approximate surface area is 177 Å². The molecule has 3 heterocycles. The van der Waals surface area contributed by atoms with Crippen LogP contribution in [0.5, 0.6) is 0 Å². The van der Waals surface area contributed by atoms with Crippen molar-refractivity contribution in [3.63, 3.8) is 0 Å². The van der Waals surface area contributed by atoms with Crippen molar-refractivity contribution < 1.29 is 13.9 Å². The van der Waals surface area contributed by atoms with Gasteiger partial charge in [-0.3, -0.25) is 9.20 Å². The first-order chi connectivity index (χ1) is 14.2. The van der Waals surface area contributed by atoms with Crippen LogP contribution in [0.15, 0.2) is 58.7 Å². The van der Waals surface area contributed by atoms with Crippen LogP contribution in [-0.4, -0.2) is 47.0 Å². The largest absolute Gasteiger partial charge is 0.459 e. The molecular weight excluding hydrogens is 410 g/mol. The highest BCUT2D eigenvalue weighted by Gasteiger charge is 2.19. The highest BCUT2D eigenvalue weighted by atomic mass is 35.5. The smallest absolute Gasteiger partial charge is 0.289 e. The number of furan rings is 1. The number of ether oxygens (including phenoxy) is 1. The van der Waals surface area contributed by atoms with Crippen molar-refractivity contribution in [1.82, 2.24) is 14.3 Å². The number of amides is 1. The normalized spacial score (nSPS) is 11.2. The average molecular weight is 430 g/mol. The lowest BCUT2D eigenvalue weighted by Crippen LogP contribution is -2.35. The van der Waals surface area contributed by atoms with Crippen molar-refractivity contribution in [3.8, 4) is 11.3 Å². The second-order valence-electron chi connectivity index (χ2n) is 6.52. The number of fused-ring (bicyclic) bond motifs is 1. The fraction of sp³-hybridized carbons (Fsp3) is 0.238. The number of hydrogen-bond donors (Lipinski definition) is 0. The van der Waals surface area contributed by atoms with E-state index in [2.05, 4.69) is 9.78 Å². The summed E-state index contributed by atoms with van der Waals surface area (Å²) in [6, 6.07) is 11.0. The van der Waals surface area contributed by atoms with Gasteiger partial charge >= 0.3 is 0 Å². The minimum atomic E-state index is -0.133. The SMILES string of the molecule is COCCN(CCc1csc2nc(-c3ccc(Cl)cc3)cn12)C(=O)c1ccco1. The summed E-state index contributed by atoms with van der Waals surface area (Å²) >= 11 is 7.57. The summed E-state index contributed by atoms with van der Waals surface area (Å²) in [6.45, 7) is 1.53. The monoisotopic (exact) mass is 429 g/mol. The van der Waals surface area contributed by atoms with Gasteiger partial charge in [-0.15, -0.1) is 11.3 Å². The molecule has 0 spiro atoms. The number of carbonyl (C=O) groups excluding carboxylic acids is 1. The average Bonchev–Trinajstić information content (AvgIpc) is 3.46. The standard InChI is InChI=1S/C21H20ClN3O3S/c1-27-12-10-24(20(26)19-3-2-11-28-19)9-8-17-14-29-21-23-18(13-25(17)21)15-4-6-16(22)7-5-15/h2-7,11,13-14H,8-10,12H2,1H3. The van der Waals surface area contributed by atoms with Crippen LogP contribution in [0.2, 0.25) is 5.02 Å². The first-order valence-corrected chi connectivity index (χ1v) is 10.4. The van der Waals surface area contributed by atoms with Gasteiger partial charge in [0.1, 0.15) is 0 Å². The molecule has 0 saturated heterocycles. The molecule has 4 rings (SSSR count). The van der Waals surface area contributed by atoms with Gasteiger partial charge in [-0.1, -0.05) is 23.7 Å². The minimum absolute atomic E-state index is 0.133. The molecule has 1 aromatic carbocycles. The number of halogens is 1. The van der Waals surface area contributed by atoms with Crippen molar-refractivity contribution in [1.29, 1.82) is 0 Å². The van der Waals surface area contributed by atoms with E-state index in [1.807, 2.05) is 30.5 Å². The van der Waals surface area contributed by atoms with E-state index in [1.165, 1.54) is 6.26 Å². The van der Waals surface area contributed by atoms with Crippen LogP contribution in [-0.2, 0) is 11.2 Å². The van der Waals surface area contributed by atoms with E-state index in [-0.39, 0.29) is 5.91 Å². The molecule has 4 aromatic rings. The fourth-order valence-corrected chi connectivity index (χ4v) is 4.12. The number of hydrogen-bond acceptors (Lipinski definition) is 5. The van der Waals surface area contributed by atoms with E-state index >= 15 is 0 Å². The molecule has 0 unspecified atom stereocenters. The van der Waals surface area contributed by atoms with E-state index in [1.54, 1.807) is 35.5 Å². The van der Waals surface area contributed by atoms with Gasteiger partial charge in [0.15, 0.2) is 10.7 Å². The first-order valence-electron chi connectivity index (χ1n) is 9.19. The molecule has 0 radical (unpaired) electrons. The minimum Gasteiger partial charge on any atom is -0.459 e. The van der Waals surface area contributed by atoms with Crippen LogP contribution >= 0.6 is 22.9 Å². The molecule has 0 N–H and O–H groups in total. The number of benzene rings is 1. The third-order valence-corrected chi connectivity index (χ3v) is 5.79. The summed E-state index contributed by atoms with van der Waals surface area (Å²) in [6.07, 6.45) is 4.23. The molecule has 0 aliphatic rings. The van der Waals surface area contributed by atoms with Gasteiger partial charge in [0, 0.05) is 54.5 Å². The summed E-state index contributed by atoms with van der Waals surface area (Å²) in [5.74, 6) is 0.204. The number of carbonyl (C=O) groups is 1. The molecule has 6 nitrogen and oxygen atoms in total. The van der Waals surface area contributed by atoms with Crippen molar-refractivity contribution in [2.75, 3.05) is 26.8 Å². The topological polar surface area (TPSA) is 60.0 Å². The summed E-state index contributed by atoms with van der Waals surface area (Å²) < 4.78 is 12.5. The molecule has 3 aromatic heterocycles. The van der Waals surface area contributed by atoms with Crippen LogP contribution in [0.1, 0.15) is 16.2 Å². The highest BCUT2D eigenvalue weighted by molar-refractivity contribution is 7.15. The lowest BCUT2D eigenvalue weighted by atomic mass is 10.2. The summed E-state index contributed by atoms with van der Waals surface area (Å²) in [4.78, 5) is 20.1. The molecule has 0 fully saturated rings. The van der Waals surface area contributed by atoms with Gasteiger partial charge in [0.2, 0.25) is 0 Å². The Bertz CT molecular complexity index is 1090. The summed E-state index contributed by atoms with van der Waals surface area (Å²) in [7, 11) is 1.63. The Kier molecular flexibility index (Phi) is 5.99. The fourth-order valence-electron chi connectivity index (χ4n) is 3.09. The Morgan fingerprint density at radius 1 is 1.28 bits per heavy atom. The predicted octanol–water partition coefficient (Wildman–Crippen LogP) is 4.64. The maximum Gasteiger partial charge on any atom is 0.289 e. The quantitative estimate of drug-likeness (QED) is 0.409. The van der Waals surface area contributed by atoms with Crippen LogP contribution in [0.3, 0.4) is 0 Å². The van der Waals surface area contributed by atoms with E-state index in [9.17, 15) is 4.79 Å². The number of aromatic nitrogens is 2. The lowest BCUT2D eigenvalue weighted by molar-refractivity contribution is 0.0666. The van der Waals surface area contributed by atoms with Crippen molar-refractivity contribution in [2.45, 2.75) is 6.42 Å². The molecule has 0 aliphatic carbocycles. The zero-order chi connectivity index (χ0) is 20.2. The second-order valence-corrected chi connectivity index (χ2v) is 7.80. The highest BCUT2D eigenvalue weighted by Crippen LogP contribution is 2.25. The third kappa shape index (κ3) is 4.37. The van der Waals surface area contributed by atoms with Crippen LogP contribution in [0.4, 0.5) is 0 Å². The molecule has 0 bridgehead atoms. The molecule has 8 heteroatoms. The van der Waals surface area contributed by atoms with Gasteiger partial charge in [-0.2, -0.15) is 0 Å². The van der Waals surface area contributed by atoms with Gasteiger partial charge in [0.05, 0.1) is 18.6 Å². The maximum absolute atomic E-state index is 12.7. The number of methoxy groups -OCH3 is 1. The molecule has 1 amide bonds. The summed E-state index contributed by atoms with van der Waals surface area (Å²) in [5, 5.41) is 2.78. The first kappa shape index (κ1) is 19.7. The summed E-state index contributed by atoms with van der Waals surface area (Å²) in [5.41, 5.74) is 3.02. The number of thiazole rings is 1. The molecule has 0 saturated carbocycles. The number of rotatable bonds is 8. The third-order valence-electron chi connectivity index (χ3n) is 4.65. The second kappa shape index (κ2) is 8.82. The van der Waals surface area contributed by atoms with Crippen LogP contribution < -0.4 is 0 Å². The van der Waals surface area contributed by atoms with E-state index in [4.69, 9.17) is 25.7 Å². The van der Waals surface area contributed by atoms with Gasteiger partial charge < -0.3 is 14.1 Å². The Morgan fingerprint density at radius 2 is 2.10 bits per heavy atom. The molecular formula is C21H20ClN3O3S. The number of nitrogens with zero attached hydrogens (tertiary/aromatic N) is 3. The zero-order valence-electron chi connectivity index (χ0n) is 15.9. The lowest BCUT2D eigenvalue weighted by Gasteiger charge is -2.21. The van der Waals surface area contributed by atoms with E-state index < -0.39 is 0 Å². The molecule has 0 atom stereocenters. The van der Waals surface area contributed by atoms with Gasteiger partial charge in [-0.25, -0.2) is 4.98 Å². The van der Waals surface area contributed by atoms with Crippen LogP contribution in [0, 0.1) is 0 Å². The Balaban J connectivity index is 1.51. The van der Waals surface area contributed by atoms with E-state index in [0.29, 0.717) is 36.9 Å². The Hall–Kier alpha value is -2.61. The molecule has 150 valence electrons.